The van der Waals surface area contributed by atoms with Crippen molar-refractivity contribution in [2.75, 3.05) is 19.5 Å². The second-order valence-electron chi connectivity index (χ2n) is 5.17. The van der Waals surface area contributed by atoms with Gasteiger partial charge in [0.25, 0.3) is 0 Å². The van der Waals surface area contributed by atoms with E-state index in [-0.39, 0.29) is 18.1 Å². The average Bonchev–Trinajstić information content (AvgIpc) is 2.53. The van der Waals surface area contributed by atoms with E-state index in [0.29, 0.717) is 27.8 Å². The number of Topliss-reactive ketones (excluding diaryl/α,β-unsaturated/α-hetero) is 1. The van der Waals surface area contributed by atoms with Crippen LogP contribution in [-0.4, -0.2) is 25.9 Å². The molecule has 5 nitrogen and oxygen atoms in total. The Hall–Kier alpha value is -2.53. The highest BCUT2D eigenvalue weighted by atomic mass is 35.5. The third-order valence-corrected chi connectivity index (χ3v) is 3.59. The molecule has 24 heavy (non-hydrogen) atoms. The first-order valence-electron chi connectivity index (χ1n) is 7.26. The summed E-state index contributed by atoms with van der Waals surface area (Å²) in [4.78, 5) is 24.0. The van der Waals surface area contributed by atoms with Crippen LogP contribution in [0.1, 0.15) is 22.8 Å². The summed E-state index contributed by atoms with van der Waals surface area (Å²) in [5.41, 5.74) is 1.62. The van der Waals surface area contributed by atoms with Gasteiger partial charge in [-0.1, -0.05) is 23.7 Å². The Kier molecular flexibility index (Phi) is 5.82. The lowest BCUT2D eigenvalue weighted by Crippen LogP contribution is -2.11. The molecule has 0 aliphatic carbocycles. The molecule has 126 valence electrons. The maximum atomic E-state index is 12.7. The fourth-order valence-electron chi connectivity index (χ4n) is 2.38. The number of halogens is 1. The molecule has 2 rings (SSSR count). The number of benzene rings is 2. The van der Waals surface area contributed by atoms with Crippen LogP contribution in [0.4, 0.5) is 5.69 Å². The Morgan fingerprint density at radius 3 is 2.21 bits per heavy atom. The largest absolute Gasteiger partial charge is 0.496 e. The van der Waals surface area contributed by atoms with E-state index in [1.807, 2.05) is 6.07 Å². The van der Waals surface area contributed by atoms with Crippen molar-refractivity contribution in [2.24, 2.45) is 0 Å². The van der Waals surface area contributed by atoms with Crippen LogP contribution in [0.3, 0.4) is 0 Å². The van der Waals surface area contributed by atoms with Crippen LogP contribution in [0.5, 0.6) is 11.5 Å². The topological polar surface area (TPSA) is 64.6 Å². The van der Waals surface area contributed by atoms with Gasteiger partial charge in [0.2, 0.25) is 5.91 Å². The molecule has 0 atom stereocenters. The molecule has 0 saturated carbocycles. The van der Waals surface area contributed by atoms with Crippen molar-refractivity contribution < 1.29 is 19.1 Å². The number of carbonyl (C=O) groups excluding carboxylic acids is 2. The van der Waals surface area contributed by atoms with E-state index in [9.17, 15) is 9.59 Å². The van der Waals surface area contributed by atoms with Crippen molar-refractivity contribution in [3.8, 4) is 11.5 Å². The minimum atomic E-state index is -0.225. The van der Waals surface area contributed by atoms with Crippen LogP contribution in [0.2, 0.25) is 5.02 Å². The van der Waals surface area contributed by atoms with E-state index in [4.69, 9.17) is 21.1 Å². The lowest BCUT2D eigenvalue weighted by molar-refractivity contribution is -0.114. The normalized spacial score (nSPS) is 10.2. The third kappa shape index (κ3) is 4.26. The predicted octanol–water partition coefficient (Wildman–Crippen LogP) is 3.74. The van der Waals surface area contributed by atoms with Crippen LogP contribution >= 0.6 is 11.6 Å². The van der Waals surface area contributed by atoms with Gasteiger partial charge in [-0.3, -0.25) is 9.59 Å². The molecule has 0 saturated heterocycles. The lowest BCUT2D eigenvalue weighted by Gasteiger charge is -2.15. The van der Waals surface area contributed by atoms with E-state index < -0.39 is 0 Å². The van der Waals surface area contributed by atoms with Gasteiger partial charge in [0.15, 0.2) is 5.78 Å². The maximum Gasteiger partial charge on any atom is 0.221 e. The Morgan fingerprint density at radius 2 is 1.71 bits per heavy atom. The van der Waals surface area contributed by atoms with Crippen molar-refractivity contribution in [1.29, 1.82) is 0 Å². The van der Waals surface area contributed by atoms with Crippen molar-refractivity contribution >= 4 is 29.0 Å². The van der Waals surface area contributed by atoms with Crippen molar-refractivity contribution in [3.05, 3.63) is 52.5 Å². The summed E-state index contributed by atoms with van der Waals surface area (Å²) in [6, 6.07) is 10.3. The summed E-state index contributed by atoms with van der Waals surface area (Å²) in [5, 5.41) is 3.22. The van der Waals surface area contributed by atoms with Gasteiger partial charge in [-0.25, -0.2) is 0 Å². The first-order valence-corrected chi connectivity index (χ1v) is 7.63. The second kappa shape index (κ2) is 7.84. The molecule has 0 aliphatic heterocycles. The van der Waals surface area contributed by atoms with Gasteiger partial charge in [0, 0.05) is 36.2 Å². The molecule has 1 N–H and O–H groups in total. The van der Waals surface area contributed by atoms with Crippen LogP contribution in [-0.2, 0) is 11.2 Å². The molecule has 2 aromatic carbocycles. The highest BCUT2D eigenvalue weighted by molar-refractivity contribution is 6.30. The number of nitrogens with one attached hydrogen (secondary N) is 1. The minimum Gasteiger partial charge on any atom is -0.496 e. The average molecular weight is 348 g/mol. The van der Waals surface area contributed by atoms with Crippen molar-refractivity contribution in [3.63, 3.8) is 0 Å². The maximum absolute atomic E-state index is 12.7. The van der Waals surface area contributed by atoms with Crippen LogP contribution in [0.25, 0.3) is 0 Å². The summed E-state index contributed by atoms with van der Waals surface area (Å²) in [7, 11) is 2.92. The Balaban J connectivity index is 2.40. The zero-order valence-electron chi connectivity index (χ0n) is 13.7. The smallest absolute Gasteiger partial charge is 0.221 e. The molecule has 0 aliphatic rings. The first kappa shape index (κ1) is 17.8. The van der Waals surface area contributed by atoms with E-state index in [1.165, 1.54) is 21.1 Å². The zero-order chi connectivity index (χ0) is 17.7. The van der Waals surface area contributed by atoms with Gasteiger partial charge in [0.1, 0.15) is 17.1 Å². The number of anilines is 1. The predicted molar refractivity (Wildman–Crippen MR) is 93.3 cm³/mol. The monoisotopic (exact) mass is 347 g/mol. The number of hydrogen-bond acceptors (Lipinski definition) is 4. The summed E-state index contributed by atoms with van der Waals surface area (Å²) >= 11 is 5.96. The summed E-state index contributed by atoms with van der Waals surface area (Å²) in [6.45, 7) is 1.40. The number of rotatable bonds is 6. The molecule has 0 aromatic heterocycles. The standard InChI is InChI=1S/C18H18ClNO4/c1-11(21)20-14-9-16(23-2)18(17(10-14)24-3)15(22)8-12-5-4-6-13(19)7-12/h4-7,9-10H,8H2,1-3H3,(H,20,21). The molecule has 0 heterocycles. The van der Waals surface area contributed by atoms with Gasteiger partial charge in [-0.2, -0.15) is 0 Å². The number of hydrogen-bond donors (Lipinski definition) is 1. The lowest BCUT2D eigenvalue weighted by atomic mass is 10.0. The highest BCUT2D eigenvalue weighted by Crippen LogP contribution is 2.34. The summed E-state index contributed by atoms with van der Waals surface area (Å²) in [5.74, 6) is 0.285. The quantitative estimate of drug-likeness (QED) is 0.808. The second-order valence-corrected chi connectivity index (χ2v) is 5.60. The summed E-state index contributed by atoms with van der Waals surface area (Å²) in [6.07, 6.45) is 0.159. The molecule has 1 amide bonds. The molecule has 0 unspecified atom stereocenters. The fraction of sp³-hybridized carbons (Fsp3) is 0.222. The van der Waals surface area contributed by atoms with Gasteiger partial charge >= 0.3 is 0 Å². The van der Waals surface area contributed by atoms with Gasteiger partial charge in [0.05, 0.1) is 14.2 Å². The molecule has 0 fully saturated rings. The molecule has 2 aromatic rings. The van der Waals surface area contributed by atoms with E-state index in [2.05, 4.69) is 5.32 Å². The number of amides is 1. The number of methoxy groups -OCH3 is 2. The molecular formula is C18H18ClNO4. The molecule has 0 radical (unpaired) electrons. The van der Waals surface area contributed by atoms with Crippen LogP contribution in [0.15, 0.2) is 36.4 Å². The van der Waals surface area contributed by atoms with Gasteiger partial charge in [-0.05, 0) is 17.7 Å². The van der Waals surface area contributed by atoms with Crippen LogP contribution in [0, 0.1) is 0 Å². The number of carbonyl (C=O) groups is 2. The van der Waals surface area contributed by atoms with E-state index in [1.54, 1.807) is 30.3 Å². The van der Waals surface area contributed by atoms with Gasteiger partial charge in [-0.15, -0.1) is 0 Å². The summed E-state index contributed by atoms with van der Waals surface area (Å²) < 4.78 is 10.6. The molecule has 0 bridgehead atoms. The van der Waals surface area contributed by atoms with Crippen LogP contribution < -0.4 is 14.8 Å². The third-order valence-electron chi connectivity index (χ3n) is 3.36. The van der Waals surface area contributed by atoms with E-state index >= 15 is 0 Å². The number of ether oxygens (including phenoxy) is 2. The van der Waals surface area contributed by atoms with Crippen molar-refractivity contribution in [2.45, 2.75) is 13.3 Å². The SMILES string of the molecule is COc1cc(NC(C)=O)cc(OC)c1C(=O)Cc1cccc(Cl)c1. The Labute approximate surface area is 145 Å². The van der Waals surface area contributed by atoms with E-state index in [0.717, 1.165) is 5.56 Å². The Bertz CT molecular complexity index is 748. The first-order chi connectivity index (χ1) is 11.4. The zero-order valence-corrected chi connectivity index (χ0v) is 14.4. The number of ketones is 1. The minimum absolute atomic E-state index is 0.159. The Morgan fingerprint density at radius 1 is 1.08 bits per heavy atom. The van der Waals surface area contributed by atoms with Crippen molar-refractivity contribution in [1.82, 2.24) is 0 Å². The molecular weight excluding hydrogens is 330 g/mol. The fourth-order valence-corrected chi connectivity index (χ4v) is 2.60. The van der Waals surface area contributed by atoms with Gasteiger partial charge < -0.3 is 14.8 Å². The molecule has 0 spiro atoms. The molecule has 6 heteroatoms. The highest BCUT2D eigenvalue weighted by Gasteiger charge is 2.20.